The highest BCUT2D eigenvalue weighted by Crippen LogP contribution is 2.11. The number of nitrogens with one attached hydrogen (secondary N) is 1. The number of aromatic nitrogens is 1. The molecule has 0 saturated heterocycles. The van der Waals surface area contributed by atoms with Gasteiger partial charge < -0.3 is 24.9 Å². The van der Waals surface area contributed by atoms with E-state index >= 15 is 0 Å². The van der Waals surface area contributed by atoms with Crippen LogP contribution in [0.5, 0.6) is 0 Å². The summed E-state index contributed by atoms with van der Waals surface area (Å²) >= 11 is 0. The van der Waals surface area contributed by atoms with Crippen molar-refractivity contribution in [2.24, 2.45) is 0 Å². The van der Waals surface area contributed by atoms with Gasteiger partial charge in [-0.25, -0.2) is 4.98 Å². The predicted octanol–water partition coefficient (Wildman–Crippen LogP) is 0.00380. The highest BCUT2D eigenvalue weighted by molar-refractivity contribution is 5.92. The van der Waals surface area contributed by atoms with Crippen LogP contribution in [0.4, 0.5) is 5.82 Å². The molecule has 1 heterocycles. The standard InChI is InChI=1S/C10H15N3O5/c1-18-7-5-12(4-6-14)10(15)8-2-3-9(11-8)13(16)17/h2-3,11,14H,4-7H2,1H3. The van der Waals surface area contributed by atoms with Gasteiger partial charge in [-0.1, -0.05) is 0 Å². The number of carbonyl (C=O) groups excluding carboxylic acids is 1. The molecule has 2 N–H and O–H groups in total. The summed E-state index contributed by atoms with van der Waals surface area (Å²) in [4.78, 5) is 25.6. The Hall–Kier alpha value is -1.93. The molecule has 0 unspecified atom stereocenters. The lowest BCUT2D eigenvalue weighted by Crippen LogP contribution is -2.36. The van der Waals surface area contributed by atoms with Crippen molar-refractivity contribution in [3.05, 3.63) is 27.9 Å². The fourth-order valence-electron chi connectivity index (χ4n) is 1.42. The first-order valence-corrected chi connectivity index (χ1v) is 5.32. The third-order valence-electron chi connectivity index (χ3n) is 2.32. The summed E-state index contributed by atoms with van der Waals surface area (Å²) in [5.74, 6) is -0.650. The minimum absolute atomic E-state index is 0.117. The van der Waals surface area contributed by atoms with Gasteiger partial charge >= 0.3 is 5.82 Å². The molecular formula is C10H15N3O5. The van der Waals surface area contributed by atoms with Gasteiger partial charge in [-0.05, 0) is 11.0 Å². The molecule has 0 aromatic carbocycles. The zero-order valence-electron chi connectivity index (χ0n) is 9.96. The number of ether oxygens (including phenoxy) is 1. The van der Waals surface area contributed by atoms with Gasteiger partial charge in [-0.15, -0.1) is 0 Å². The number of aromatic amines is 1. The molecule has 0 aliphatic carbocycles. The molecule has 0 aliphatic rings. The highest BCUT2D eigenvalue weighted by Gasteiger charge is 2.21. The fraction of sp³-hybridized carbons (Fsp3) is 0.500. The number of nitrogens with zero attached hydrogens (tertiary/aromatic N) is 2. The number of hydrogen-bond acceptors (Lipinski definition) is 5. The summed E-state index contributed by atoms with van der Waals surface area (Å²) in [5, 5.41) is 19.4. The van der Waals surface area contributed by atoms with Gasteiger partial charge in [0.25, 0.3) is 5.91 Å². The maximum absolute atomic E-state index is 12.0. The Morgan fingerprint density at radius 1 is 1.56 bits per heavy atom. The first-order valence-electron chi connectivity index (χ1n) is 5.32. The number of aliphatic hydroxyl groups is 1. The SMILES string of the molecule is COCCN(CCO)C(=O)c1ccc([N+](=O)[O-])[nH]1. The number of amides is 1. The molecule has 0 fully saturated rings. The van der Waals surface area contributed by atoms with Gasteiger partial charge in [0.2, 0.25) is 0 Å². The molecule has 0 saturated carbocycles. The van der Waals surface area contributed by atoms with Crippen LogP contribution in [0.3, 0.4) is 0 Å². The van der Waals surface area contributed by atoms with E-state index in [0.717, 1.165) is 0 Å². The average Bonchev–Trinajstić information content (AvgIpc) is 2.83. The van der Waals surface area contributed by atoms with Crippen LogP contribution >= 0.6 is 0 Å². The van der Waals surface area contributed by atoms with E-state index in [1.54, 1.807) is 0 Å². The molecule has 8 nitrogen and oxygen atoms in total. The lowest BCUT2D eigenvalue weighted by Gasteiger charge is -2.19. The van der Waals surface area contributed by atoms with Crippen LogP contribution < -0.4 is 0 Å². The number of methoxy groups -OCH3 is 1. The molecule has 1 aromatic rings. The summed E-state index contributed by atoms with van der Waals surface area (Å²) in [7, 11) is 1.50. The Labute approximate surface area is 103 Å². The van der Waals surface area contributed by atoms with Crippen molar-refractivity contribution < 1.29 is 19.6 Å². The Morgan fingerprint density at radius 3 is 2.78 bits per heavy atom. The molecule has 0 spiro atoms. The number of carbonyl (C=O) groups is 1. The van der Waals surface area contributed by atoms with Crippen molar-refractivity contribution in [2.75, 3.05) is 33.4 Å². The van der Waals surface area contributed by atoms with Crippen molar-refractivity contribution in [3.63, 3.8) is 0 Å². The molecule has 100 valence electrons. The monoisotopic (exact) mass is 257 g/mol. The van der Waals surface area contributed by atoms with Crippen molar-refractivity contribution in [1.29, 1.82) is 0 Å². The Bertz CT molecular complexity index is 417. The van der Waals surface area contributed by atoms with Crippen LogP contribution in [0.15, 0.2) is 12.1 Å². The molecule has 1 amide bonds. The second-order valence-electron chi connectivity index (χ2n) is 3.52. The van der Waals surface area contributed by atoms with Crippen LogP contribution in [0.2, 0.25) is 0 Å². The Kier molecular flexibility index (Phi) is 5.28. The second-order valence-corrected chi connectivity index (χ2v) is 3.52. The summed E-state index contributed by atoms with van der Waals surface area (Å²) in [6.07, 6.45) is 0. The molecule has 0 aliphatic heterocycles. The van der Waals surface area contributed by atoms with Crippen molar-refractivity contribution in [3.8, 4) is 0 Å². The van der Waals surface area contributed by atoms with Crippen LogP contribution in [-0.2, 0) is 4.74 Å². The first-order chi connectivity index (χ1) is 8.60. The van der Waals surface area contributed by atoms with Crippen LogP contribution in [-0.4, -0.2) is 59.2 Å². The maximum Gasteiger partial charge on any atom is 0.321 e. The van der Waals surface area contributed by atoms with Gasteiger partial charge in [-0.2, -0.15) is 0 Å². The summed E-state index contributed by atoms with van der Waals surface area (Å²) in [6.45, 7) is 0.602. The molecule has 0 atom stereocenters. The van der Waals surface area contributed by atoms with Crippen LogP contribution in [0, 0.1) is 10.1 Å². The van der Waals surface area contributed by atoms with E-state index in [1.165, 1.54) is 24.1 Å². The third kappa shape index (κ3) is 3.54. The molecule has 0 radical (unpaired) electrons. The van der Waals surface area contributed by atoms with E-state index in [1.807, 2.05) is 0 Å². The molecule has 1 rings (SSSR count). The van der Waals surface area contributed by atoms with Gasteiger partial charge in [0.05, 0.1) is 13.2 Å². The lowest BCUT2D eigenvalue weighted by atomic mass is 10.3. The molecule has 0 bridgehead atoms. The molecule has 1 aromatic heterocycles. The van der Waals surface area contributed by atoms with Crippen molar-refractivity contribution in [2.45, 2.75) is 0 Å². The second kappa shape index (κ2) is 6.72. The van der Waals surface area contributed by atoms with E-state index < -0.39 is 10.8 Å². The minimum atomic E-state index is -0.609. The van der Waals surface area contributed by atoms with E-state index in [9.17, 15) is 14.9 Å². The zero-order valence-corrected chi connectivity index (χ0v) is 9.96. The van der Waals surface area contributed by atoms with Gasteiger partial charge in [0.1, 0.15) is 0 Å². The van der Waals surface area contributed by atoms with Gasteiger partial charge in [-0.3, -0.25) is 4.79 Å². The molecule has 18 heavy (non-hydrogen) atoms. The van der Waals surface area contributed by atoms with E-state index in [2.05, 4.69) is 4.98 Å². The van der Waals surface area contributed by atoms with Crippen LogP contribution in [0.1, 0.15) is 10.5 Å². The van der Waals surface area contributed by atoms with E-state index in [4.69, 9.17) is 9.84 Å². The fourth-order valence-corrected chi connectivity index (χ4v) is 1.42. The summed E-state index contributed by atoms with van der Waals surface area (Å²) in [6, 6.07) is 2.57. The average molecular weight is 257 g/mol. The topological polar surface area (TPSA) is 109 Å². The Balaban J connectivity index is 2.77. The van der Waals surface area contributed by atoms with E-state index in [-0.39, 0.29) is 24.7 Å². The number of nitro groups is 1. The zero-order chi connectivity index (χ0) is 13.5. The normalized spacial score (nSPS) is 10.3. The predicted molar refractivity (Wildman–Crippen MR) is 62.3 cm³/mol. The van der Waals surface area contributed by atoms with Crippen molar-refractivity contribution in [1.82, 2.24) is 9.88 Å². The molecule has 8 heteroatoms. The number of rotatable bonds is 7. The first kappa shape index (κ1) is 14.1. The summed E-state index contributed by atoms with van der Waals surface area (Å²) < 4.78 is 4.85. The van der Waals surface area contributed by atoms with Gasteiger partial charge in [0, 0.05) is 26.3 Å². The van der Waals surface area contributed by atoms with Crippen molar-refractivity contribution >= 4 is 11.7 Å². The quantitative estimate of drug-likeness (QED) is 0.528. The minimum Gasteiger partial charge on any atom is -0.395 e. The number of H-pyrrole nitrogens is 1. The van der Waals surface area contributed by atoms with Gasteiger partial charge in [0.15, 0.2) is 5.69 Å². The highest BCUT2D eigenvalue weighted by atomic mass is 16.6. The summed E-state index contributed by atoms with van der Waals surface area (Å²) in [5.41, 5.74) is 0.117. The maximum atomic E-state index is 12.0. The molecular weight excluding hydrogens is 242 g/mol. The van der Waals surface area contributed by atoms with E-state index in [0.29, 0.717) is 13.2 Å². The largest absolute Gasteiger partial charge is 0.395 e. The lowest BCUT2D eigenvalue weighted by molar-refractivity contribution is -0.389. The third-order valence-corrected chi connectivity index (χ3v) is 2.32. The number of aliphatic hydroxyl groups excluding tert-OH is 1. The van der Waals surface area contributed by atoms with Crippen LogP contribution in [0.25, 0.3) is 0 Å². The number of hydrogen-bond donors (Lipinski definition) is 2. The smallest absolute Gasteiger partial charge is 0.321 e. The Morgan fingerprint density at radius 2 is 2.28 bits per heavy atom.